The molecule has 0 unspecified atom stereocenters. The minimum Gasteiger partial charge on any atom is -0.329 e. The lowest BCUT2D eigenvalue weighted by molar-refractivity contribution is 0.538. The first-order valence-electron chi connectivity index (χ1n) is 9.43. The number of hydrogen-bond acceptors (Lipinski definition) is 6. The number of nitrogens with one attached hydrogen (secondary N) is 5. The van der Waals surface area contributed by atoms with E-state index in [1.54, 1.807) is 0 Å². The maximum absolute atomic E-state index is 6.89. The zero-order valence-corrected chi connectivity index (χ0v) is 15.0. The van der Waals surface area contributed by atoms with Crippen LogP contribution in [0.1, 0.15) is 44.9 Å². The number of nitrogens with two attached hydrogens (primary N) is 1. The molecule has 0 aromatic rings. The van der Waals surface area contributed by atoms with E-state index in [0.29, 0.717) is 6.54 Å². The molecular weight excluding hydrogens is 288 g/mol. The van der Waals surface area contributed by atoms with Crippen LogP contribution in [0.3, 0.4) is 0 Å². The fourth-order valence-corrected chi connectivity index (χ4v) is 2.39. The standard InChI is InChI=1S/C17H40N6/c18-8-12-22-16-14-20-10-6-4-2-1-3-5-7-11-21-15-17-23-13-9-19/h8,18,20-23H,1-7,9-17,19H2. The molecule has 0 spiro atoms. The minimum atomic E-state index is 0.683. The van der Waals surface area contributed by atoms with Gasteiger partial charge in [0, 0.05) is 52.0 Å². The van der Waals surface area contributed by atoms with Crippen LogP contribution < -0.4 is 27.0 Å². The molecule has 23 heavy (non-hydrogen) atoms. The van der Waals surface area contributed by atoms with E-state index < -0.39 is 0 Å². The van der Waals surface area contributed by atoms with Gasteiger partial charge in [0.25, 0.3) is 0 Å². The third kappa shape index (κ3) is 21.5. The van der Waals surface area contributed by atoms with Crippen molar-refractivity contribution in [3.05, 3.63) is 0 Å². The van der Waals surface area contributed by atoms with Crippen molar-refractivity contribution < 1.29 is 0 Å². The minimum absolute atomic E-state index is 0.683. The molecule has 0 heterocycles. The van der Waals surface area contributed by atoms with Crippen molar-refractivity contribution in [2.75, 3.05) is 58.9 Å². The van der Waals surface area contributed by atoms with E-state index in [1.807, 2.05) is 0 Å². The van der Waals surface area contributed by atoms with Gasteiger partial charge in [0.1, 0.15) is 0 Å². The van der Waals surface area contributed by atoms with Gasteiger partial charge in [-0.15, -0.1) is 0 Å². The van der Waals surface area contributed by atoms with Crippen LogP contribution in [0.5, 0.6) is 0 Å². The molecule has 138 valence electrons. The summed E-state index contributed by atoms with van der Waals surface area (Å²) in [6, 6.07) is 0. The number of rotatable bonds is 20. The normalized spacial score (nSPS) is 11.0. The van der Waals surface area contributed by atoms with E-state index in [2.05, 4.69) is 21.3 Å². The summed E-state index contributed by atoms with van der Waals surface area (Å²) in [6.07, 6.45) is 10.8. The lowest BCUT2D eigenvalue weighted by Crippen LogP contribution is -2.31. The molecule has 7 N–H and O–H groups in total. The summed E-state index contributed by atoms with van der Waals surface area (Å²) < 4.78 is 0. The second-order valence-corrected chi connectivity index (χ2v) is 5.92. The fourth-order valence-electron chi connectivity index (χ4n) is 2.39. The van der Waals surface area contributed by atoms with Crippen LogP contribution in [0, 0.1) is 5.41 Å². The molecule has 0 radical (unpaired) electrons. The Balaban J connectivity index is 2.93. The van der Waals surface area contributed by atoms with Crippen LogP contribution in [0.2, 0.25) is 0 Å². The summed E-state index contributed by atoms with van der Waals surface area (Å²) in [5.41, 5.74) is 5.41. The summed E-state index contributed by atoms with van der Waals surface area (Å²) in [4.78, 5) is 0. The molecule has 0 aliphatic carbocycles. The van der Waals surface area contributed by atoms with Crippen molar-refractivity contribution in [3.63, 3.8) is 0 Å². The van der Waals surface area contributed by atoms with Gasteiger partial charge in [-0.1, -0.05) is 32.1 Å². The third-order valence-electron chi connectivity index (χ3n) is 3.73. The molecule has 0 saturated heterocycles. The Labute approximate surface area is 143 Å². The van der Waals surface area contributed by atoms with Crippen LogP contribution in [0.4, 0.5) is 0 Å². The summed E-state index contributed by atoms with van der Waals surface area (Å²) in [6.45, 7) is 8.59. The summed E-state index contributed by atoms with van der Waals surface area (Å²) in [5, 5.41) is 20.2. The molecule has 0 aromatic heterocycles. The van der Waals surface area contributed by atoms with Gasteiger partial charge in [-0.3, -0.25) is 0 Å². The van der Waals surface area contributed by atoms with E-state index in [0.717, 1.165) is 52.4 Å². The highest BCUT2D eigenvalue weighted by molar-refractivity contribution is 5.55. The van der Waals surface area contributed by atoms with E-state index >= 15 is 0 Å². The van der Waals surface area contributed by atoms with Crippen LogP contribution >= 0.6 is 0 Å². The van der Waals surface area contributed by atoms with Crippen LogP contribution in [-0.4, -0.2) is 65.1 Å². The molecule has 0 aliphatic heterocycles. The lowest BCUT2D eigenvalue weighted by Gasteiger charge is -2.06. The largest absolute Gasteiger partial charge is 0.329 e. The maximum atomic E-state index is 6.89. The van der Waals surface area contributed by atoms with Gasteiger partial charge in [0.15, 0.2) is 0 Å². The number of hydrogen-bond donors (Lipinski definition) is 6. The Kier molecular flexibility index (Phi) is 21.0. The number of unbranched alkanes of at least 4 members (excludes halogenated alkanes) is 6. The summed E-state index contributed by atoms with van der Waals surface area (Å²) in [5.74, 6) is 0. The molecule has 0 aromatic carbocycles. The van der Waals surface area contributed by atoms with Gasteiger partial charge in [-0.05, 0) is 25.9 Å². The van der Waals surface area contributed by atoms with Crippen LogP contribution in [0.25, 0.3) is 0 Å². The van der Waals surface area contributed by atoms with Crippen LogP contribution in [-0.2, 0) is 0 Å². The molecule has 0 amide bonds. The quantitative estimate of drug-likeness (QED) is 0.146. The van der Waals surface area contributed by atoms with Gasteiger partial charge in [-0.25, -0.2) is 0 Å². The maximum Gasteiger partial charge on any atom is 0.0302 e. The Morgan fingerprint density at radius 3 is 1.48 bits per heavy atom. The Hall–Kier alpha value is -0.530. The molecule has 0 aliphatic rings. The van der Waals surface area contributed by atoms with Gasteiger partial charge in [-0.2, -0.15) is 0 Å². The van der Waals surface area contributed by atoms with Crippen molar-refractivity contribution >= 4 is 6.21 Å². The average Bonchev–Trinajstić information content (AvgIpc) is 2.57. The monoisotopic (exact) mass is 328 g/mol. The highest BCUT2D eigenvalue weighted by atomic mass is 14.9. The van der Waals surface area contributed by atoms with Crippen molar-refractivity contribution in [2.24, 2.45) is 5.73 Å². The van der Waals surface area contributed by atoms with Gasteiger partial charge in [0.05, 0.1) is 0 Å². The first kappa shape index (κ1) is 22.5. The first-order valence-corrected chi connectivity index (χ1v) is 9.43. The highest BCUT2D eigenvalue weighted by Gasteiger charge is 1.93. The second-order valence-electron chi connectivity index (χ2n) is 5.92. The van der Waals surface area contributed by atoms with E-state index in [9.17, 15) is 0 Å². The Bertz CT molecular complexity index is 225. The van der Waals surface area contributed by atoms with Crippen molar-refractivity contribution in [1.29, 1.82) is 5.41 Å². The van der Waals surface area contributed by atoms with Gasteiger partial charge >= 0.3 is 0 Å². The first-order chi connectivity index (χ1) is 11.4. The van der Waals surface area contributed by atoms with E-state index in [-0.39, 0.29) is 0 Å². The van der Waals surface area contributed by atoms with Gasteiger partial charge in [0.2, 0.25) is 0 Å². The molecule has 0 rings (SSSR count). The molecule has 0 bridgehead atoms. The predicted octanol–water partition coefficient (Wildman–Crippen LogP) is 0.684. The summed E-state index contributed by atoms with van der Waals surface area (Å²) in [7, 11) is 0. The Morgan fingerprint density at radius 1 is 0.565 bits per heavy atom. The fraction of sp³-hybridized carbons (Fsp3) is 0.941. The smallest absolute Gasteiger partial charge is 0.0302 e. The molecule has 0 atom stereocenters. The zero-order valence-electron chi connectivity index (χ0n) is 15.0. The predicted molar refractivity (Wildman–Crippen MR) is 102 cm³/mol. The Morgan fingerprint density at radius 2 is 1.00 bits per heavy atom. The second kappa shape index (κ2) is 21.5. The molecular formula is C17H40N6. The average molecular weight is 329 g/mol. The molecule has 0 fully saturated rings. The van der Waals surface area contributed by atoms with Crippen molar-refractivity contribution in [2.45, 2.75) is 44.9 Å². The van der Waals surface area contributed by atoms with Gasteiger partial charge < -0.3 is 32.4 Å². The van der Waals surface area contributed by atoms with Crippen molar-refractivity contribution in [1.82, 2.24) is 21.3 Å². The highest BCUT2D eigenvalue weighted by Crippen LogP contribution is 2.06. The molecule has 6 nitrogen and oxygen atoms in total. The lowest BCUT2D eigenvalue weighted by atomic mass is 10.1. The SMILES string of the molecule is N=CCNCCNCCCCCCCCCNCCNCCN. The topological polar surface area (TPSA) is 98.0 Å². The molecule has 6 heteroatoms. The third-order valence-corrected chi connectivity index (χ3v) is 3.73. The van der Waals surface area contributed by atoms with Crippen LogP contribution in [0.15, 0.2) is 0 Å². The molecule has 0 saturated carbocycles. The van der Waals surface area contributed by atoms with E-state index in [4.69, 9.17) is 11.1 Å². The zero-order chi connectivity index (χ0) is 16.8. The van der Waals surface area contributed by atoms with Crippen molar-refractivity contribution in [3.8, 4) is 0 Å². The van der Waals surface area contributed by atoms with E-state index in [1.165, 1.54) is 51.2 Å². The summed E-state index contributed by atoms with van der Waals surface area (Å²) >= 11 is 0.